The highest BCUT2D eigenvalue weighted by atomic mass is 16.5. The van der Waals surface area contributed by atoms with Gasteiger partial charge in [-0.05, 0) is 25.7 Å². The van der Waals surface area contributed by atoms with Crippen molar-refractivity contribution in [3.05, 3.63) is 18.3 Å². The minimum Gasteiger partial charge on any atom is -0.390 e. The highest BCUT2D eigenvalue weighted by Crippen LogP contribution is 2.40. The number of ether oxygens (including phenoxy) is 1. The summed E-state index contributed by atoms with van der Waals surface area (Å²) in [6, 6.07) is 0.0705. The molecule has 4 atom stereocenters. The smallest absolute Gasteiger partial charge is 0.163 e. The number of unbranched alkanes of at least 4 members (excludes halogenated alkanes) is 1. The Bertz CT molecular complexity index is 642. The molecule has 0 amide bonds. The summed E-state index contributed by atoms with van der Waals surface area (Å²) in [4.78, 5) is 13.0. The molecule has 1 fully saturated rings. The van der Waals surface area contributed by atoms with Crippen LogP contribution in [0.1, 0.15) is 44.3 Å². The van der Waals surface area contributed by atoms with Gasteiger partial charge in [-0.2, -0.15) is 0 Å². The zero-order valence-corrected chi connectivity index (χ0v) is 13.4. The summed E-state index contributed by atoms with van der Waals surface area (Å²) in [5.74, 6) is 0.273. The van der Waals surface area contributed by atoms with Gasteiger partial charge in [0, 0.05) is 7.11 Å². The Kier molecular flexibility index (Phi) is 4.40. The van der Waals surface area contributed by atoms with Crippen LogP contribution >= 0.6 is 0 Å². The first-order valence-corrected chi connectivity index (χ1v) is 8.02. The number of rotatable bonds is 5. The maximum Gasteiger partial charge on any atom is 0.163 e. The number of hydrogen-bond acceptors (Lipinski definition) is 5. The molecule has 1 N–H and O–H groups in total. The standard InChI is InChI=1S/C16H24N4O2/c1-4-5-6-11-7-12(15(22-3)14(11)21)20-9-19-13-10(2)17-8-18-16(13)20/h8-9,11-12,14-15,21H,4-7H2,1-3H3. The van der Waals surface area contributed by atoms with E-state index in [0.717, 1.165) is 42.5 Å². The van der Waals surface area contributed by atoms with Crippen LogP contribution in [0.15, 0.2) is 12.7 Å². The number of aryl methyl sites for hydroxylation is 1. The van der Waals surface area contributed by atoms with Crippen molar-refractivity contribution in [2.75, 3.05) is 7.11 Å². The Hall–Kier alpha value is -1.53. The lowest BCUT2D eigenvalue weighted by Crippen LogP contribution is -2.31. The maximum absolute atomic E-state index is 10.6. The second-order valence-corrected chi connectivity index (χ2v) is 6.18. The van der Waals surface area contributed by atoms with E-state index in [9.17, 15) is 5.11 Å². The van der Waals surface area contributed by atoms with E-state index in [1.54, 1.807) is 19.8 Å². The van der Waals surface area contributed by atoms with E-state index in [-0.39, 0.29) is 18.1 Å². The molecular weight excluding hydrogens is 280 g/mol. The second-order valence-electron chi connectivity index (χ2n) is 6.18. The van der Waals surface area contributed by atoms with Crippen LogP contribution in [0, 0.1) is 12.8 Å². The number of aliphatic hydroxyl groups excluding tert-OH is 1. The zero-order chi connectivity index (χ0) is 15.7. The Labute approximate surface area is 130 Å². The van der Waals surface area contributed by atoms with Gasteiger partial charge in [-0.25, -0.2) is 15.0 Å². The number of aromatic nitrogens is 4. The molecule has 2 aromatic rings. The van der Waals surface area contributed by atoms with Crippen molar-refractivity contribution >= 4 is 11.2 Å². The molecule has 0 aromatic carbocycles. The van der Waals surface area contributed by atoms with Crippen LogP contribution in [-0.4, -0.2) is 43.9 Å². The molecule has 120 valence electrons. The highest BCUT2D eigenvalue weighted by molar-refractivity contribution is 5.72. The molecule has 6 heteroatoms. The molecule has 2 heterocycles. The fourth-order valence-corrected chi connectivity index (χ4v) is 3.61. The molecule has 0 bridgehead atoms. The average Bonchev–Trinajstić information content (AvgIpc) is 3.07. The van der Waals surface area contributed by atoms with Crippen LogP contribution in [0.4, 0.5) is 0 Å². The molecule has 3 rings (SSSR count). The zero-order valence-electron chi connectivity index (χ0n) is 13.4. The molecule has 4 unspecified atom stereocenters. The molecule has 0 radical (unpaired) electrons. The second kappa shape index (κ2) is 6.30. The lowest BCUT2D eigenvalue weighted by atomic mass is 9.98. The predicted molar refractivity (Wildman–Crippen MR) is 83.5 cm³/mol. The molecule has 0 saturated heterocycles. The average molecular weight is 304 g/mol. The van der Waals surface area contributed by atoms with Crippen LogP contribution in [0.25, 0.3) is 11.2 Å². The van der Waals surface area contributed by atoms with Crippen molar-refractivity contribution in [2.45, 2.75) is 57.8 Å². The molecule has 0 aliphatic heterocycles. The van der Waals surface area contributed by atoms with Crippen LogP contribution in [0.2, 0.25) is 0 Å². The van der Waals surface area contributed by atoms with Crippen molar-refractivity contribution in [3.63, 3.8) is 0 Å². The van der Waals surface area contributed by atoms with E-state index < -0.39 is 6.10 Å². The molecular formula is C16H24N4O2. The first-order chi connectivity index (χ1) is 10.7. The third kappa shape index (κ3) is 2.50. The fraction of sp³-hybridized carbons (Fsp3) is 0.688. The molecule has 0 spiro atoms. The van der Waals surface area contributed by atoms with E-state index in [0.29, 0.717) is 0 Å². The fourth-order valence-electron chi connectivity index (χ4n) is 3.61. The normalized spacial score (nSPS) is 28.5. The first-order valence-electron chi connectivity index (χ1n) is 8.02. The Morgan fingerprint density at radius 2 is 2.18 bits per heavy atom. The number of nitrogens with zero attached hydrogens (tertiary/aromatic N) is 4. The largest absolute Gasteiger partial charge is 0.390 e. The Balaban J connectivity index is 1.93. The van der Waals surface area contributed by atoms with Crippen molar-refractivity contribution in [1.82, 2.24) is 19.5 Å². The molecule has 22 heavy (non-hydrogen) atoms. The van der Waals surface area contributed by atoms with E-state index in [1.807, 2.05) is 11.5 Å². The highest BCUT2D eigenvalue weighted by Gasteiger charge is 2.43. The lowest BCUT2D eigenvalue weighted by molar-refractivity contribution is -0.0235. The van der Waals surface area contributed by atoms with Gasteiger partial charge in [0.1, 0.15) is 17.9 Å². The van der Waals surface area contributed by atoms with E-state index in [4.69, 9.17) is 4.74 Å². The molecule has 1 aliphatic carbocycles. The number of hydrogen-bond donors (Lipinski definition) is 1. The summed E-state index contributed by atoms with van der Waals surface area (Å²) >= 11 is 0. The van der Waals surface area contributed by atoms with E-state index in [2.05, 4.69) is 21.9 Å². The van der Waals surface area contributed by atoms with Crippen molar-refractivity contribution in [2.24, 2.45) is 5.92 Å². The molecule has 1 aliphatic rings. The predicted octanol–water partition coefficient (Wildman–Crippen LogP) is 2.26. The molecule has 1 saturated carbocycles. The summed E-state index contributed by atoms with van der Waals surface area (Å²) in [5, 5.41) is 10.6. The number of aliphatic hydroxyl groups is 1. The van der Waals surface area contributed by atoms with E-state index >= 15 is 0 Å². The summed E-state index contributed by atoms with van der Waals surface area (Å²) in [5.41, 5.74) is 2.52. The summed E-state index contributed by atoms with van der Waals surface area (Å²) in [6.07, 6.45) is 6.94. The van der Waals surface area contributed by atoms with Crippen LogP contribution in [0.5, 0.6) is 0 Å². The number of imidazole rings is 1. The Morgan fingerprint density at radius 1 is 1.36 bits per heavy atom. The van der Waals surface area contributed by atoms with Gasteiger partial charge in [0.25, 0.3) is 0 Å². The third-order valence-corrected chi connectivity index (χ3v) is 4.84. The SMILES string of the molecule is CCCCC1CC(n2cnc3c(C)ncnc32)C(OC)C1O. The monoisotopic (exact) mass is 304 g/mol. The number of methoxy groups -OCH3 is 1. The van der Waals surface area contributed by atoms with Crippen molar-refractivity contribution < 1.29 is 9.84 Å². The number of fused-ring (bicyclic) bond motifs is 1. The minimum atomic E-state index is -0.429. The van der Waals surface area contributed by atoms with Gasteiger partial charge in [0.15, 0.2) is 5.65 Å². The topological polar surface area (TPSA) is 73.1 Å². The third-order valence-electron chi connectivity index (χ3n) is 4.84. The Morgan fingerprint density at radius 3 is 2.91 bits per heavy atom. The first kappa shape index (κ1) is 15.4. The van der Waals surface area contributed by atoms with Crippen LogP contribution in [-0.2, 0) is 4.74 Å². The van der Waals surface area contributed by atoms with Gasteiger partial charge in [-0.3, -0.25) is 0 Å². The summed E-state index contributed by atoms with van der Waals surface area (Å²) in [7, 11) is 1.67. The van der Waals surface area contributed by atoms with E-state index in [1.165, 1.54) is 0 Å². The minimum absolute atomic E-state index is 0.0705. The van der Waals surface area contributed by atoms with Gasteiger partial charge in [0.05, 0.1) is 24.2 Å². The van der Waals surface area contributed by atoms with Crippen molar-refractivity contribution in [1.29, 1.82) is 0 Å². The van der Waals surface area contributed by atoms with Gasteiger partial charge >= 0.3 is 0 Å². The van der Waals surface area contributed by atoms with Gasteiger partial charge < -0.3 is 14.4 Å². The molecule has 2 aromatic heterocycles. The van der Waals surface area contributed by atoms with Gasteiger partial charge in [-0.15, -0.1) is 0 Å². The van der Waals surface area contributed by atoms with Crippen LogP contribution < -0.4 is 0 Å². The van der Waals surface area contributed by atoms with Crippen molar-refractivity contribution in [3.8, 4) is 0 Å². The maximum atomic E-state index is 10.6. The van der Waals surface area contributed by atoms with Gasteiger partial charge in [-0.1, -0.05) is 19.8 Å². The van der Waals surface area contributed by atoms with Crippen LogP contribution in [0.3, 0.4) is 0 Å². The molecule has 6 nitrogen and oxygen atoms in total. The summed E-state index contributed by atoms with van der Waals surface area (Å²) in [6.45, 7) is 4.11. The lowest BCUT2D eigenvalue weighted by Gasteiger charge is -2.22. The van der Waals surface area contributed by atoms with Gasteiger partial charge in [0.2, 0.25) is 0 Å². The summed E-state index contributed by atoms with van der Waals surface area (Å²) < 4.78 is 7.66. The quantitative estimate of drug-likeness (QED) is 0.917.